The number of methoxy groups -OCH3 is 1. The molecule has 0 bridgehead atoms. The van der Waals surface area contributed by atoms with Gasteiger partial charge >= 0.3 is 0 Å². The third kappa shape index (κ3) is 7.77. The summed E-state index contributed by atoms with van der Waals surface area (Å²) >= 11 is 0. The highest BCUT2D eigenvalue weighted by molar-refractivity contribution is 4.70. The van der Waals surface area contributed by atoms with Gasteiger partial charge in [-0.25, -0.2) is 0 Å². The zero-order valence-corrected chi connectivity index (χ0v) is 10.9. The van der Waals surface area contributed by atoms with Crippen molar-refractivity contribution in [1.29, 1.82) is 0 Å². The lowest BCUT2D eigenvalue weighted by molar-refractivity contribution is 0.140. The summed E-state index contributed by atoms with van der Waals surface area (Å²) in [5, 5.41) is 3.46. The number of ether oxygens (including phenoxy) is 1. The van der Waals surface area contributed by atoms with Gasteiger partial charge in [-0.3, -0.25) is 0 Å². The van der Waals surface area contributed by atoms with Gasteiger partial charge in [0.25, 0.3) is 0 Å². The minimum Gasteiger partial charge on any atom is -0.383 e. The van der Waals surface area contributed by atoms with E-state index in [0.717, 1.165) is 26.2 Å². The molecule has 1 unspecified atom stereocenters. The number of hydrogen-bond donors (Lipinski definition) is 1. The minimum atomic E-state index is 0.469. The van der Waals surface area contributed by atoms with Crippen LogP contribution in [0.2, 0.25) is 0 Å². The normalized spacial score (nSPS) is 13.4. The molecule has 1 atom stereocenters. The van der Waals surface area contributed by atoms with Crippen molar-refractivity contribution >= 4 is 0 Å². The van der Waals surface area contributed by atoms with Crippen LogP contribution in [0.5, 0.6) is 0 Å². The predicted molar refractivity (Wildman–Crippen MR) is 66.4 cm³/mol. The van der Waals surface area contributed by atoms with Crippen molar-refractivity contribution in [3.63, 3.8) is 0 Å². The average molecular weight is 216 g/mol. The Labute approximate surface area is 95.2 Å². The fourth-order valence-electron chi connectivity index (χ4n) is 1.74. The van der Waals surface area contributed by atoms with Crippen molar-refractivity contribution in [2.24, 2.45) is 0 Å². The number of likely N-dealkylation sites (N-methyl/N-ethyl adjacent to an activating group) is 2. The molecule has 0 aromatic heterocycles. The highest BCUT2D eigenvalue weighted by atomic mass is 16.5. The van der Waals surface area contributed by atoms with Crippen LogP contribution in [0.3, 0.4) is 0 Å². The maximum absolute atomic E-state index is 5.22. The van der Waals surface area contributed by atoms with Crippen LogP contribution in [0.1, 0.15) is 33.6 Å². The van der Waals surface area contributed by atoms with Crippen LogP contribution in [-0.2, 0) is 4.74 Å². The van der Waals surface area contributed by atoms with Crippen molar-refractivity contribution < 1.29 is 4.74 Å². The molecule has 0 spiro atoms. The van der Waals surface area contributed by atoms with Crippen molar-refractivity contribution in [2.45, 2.75) is 39.7 Å². The van der Waals surface area contributed by atoms with Gasteiger partial charge in [0.15, 0.2) is 0 Å². The summed E-state index contributed by atoms with van der Waals surface area (Å²) in [7, 11) is 1.77. The van der Waals surface area contributed by atoms with E-state index in [1.807, 2.05) is 0 Å². The summed E-state index contributed by atoms with van der Waals surface area (Å²) in [6.07, 6.45) is 2.56. The van der Waals surface area contributed by atoms with Crippen molar-refractivity contribution in [3.05, 3.63) is 0 Å². The second kappa shape index (κ2) is 10.4. The van der Waals surface area contributed by atoms with E-state index in [1.54, 1.807) is 7.11 Å². The van der Waals surface area contributed by atoms with Crippen LogP contribution in [-0.4, -0.2) is 50.8 Å². The van der Waals surface area contributed by atoms with Crippen molar-refractivity contribution in [3.8, 4) is 0 Å². The SMILES string of the molecule is CCCCN(CC)CC(COC)NCC. The summed E-state index contributed by atoms with van der Waals surface area (Å²) < 4.78 is 5.22. The van der Waals surface area contributed by atoms with E-state index in [4.69, 9.17) is 4.74 Å². The van der Waals surface area contributed by atoms with Crippen LogP contribution < -0.4 is 5.32 Å². The Kier molecular flexibility index (Phi) is 10.3. The largest absolute Gasteiger partial charge is 0.383 e. The molecule has 0 aromatic carbocycles. The van der Waals surface area contributed by atoms with E-state index < -0.39 is 0 Å². The minimum absolute atomic E-state index is 0.469. The van der Waals surface area contributed by atoms with Crippen LogP contribution >= 0.6 is 0 Å². The molecular weight excluding hydrogens is 188 g/mol. The average Bonchev–Trinajstić information content (AvgIpc) is 2.24. The molecule has 1 N–H and O–H groups in total. The second-order valence-corrected chi connectivity index (χ2v) is 3.96. The smallest absolute Gasteiger partial charge is 0.0628 e. The zero-order valence-electron chi connectivity index (χ0n) is 10.9. The van der Waals surface area contributed by atoms with Gasteiger partial charge in [0.05, 0.1) is 6.61 Å². The molecule has 3 nitrogen and oxygen atoms in total. The predicted octanol–water partition coefficient (Wildman–Crippen LogP) is 1.73. The zero-order chi connectivity index (χ0) is 11.5. The van der Waals surface area contributed by atoms with E-state index >= 15 is 0 Å². The summed E-state index contributed by atoms with van der Waals surface area (Å²) in [6.45, 7) is 11.9. The molecule has 0 saturated heterocycles. The van der Waals surface area contributed by atoms with Crippen LogP contribution in [0.4, 0.5) is 0 Å². The molecule has 0 aliphatic carbocycles. The molecule has 0 amide bonds. The lowest BCUT2D eigenvalue weighted by atomic mass is 10.2. The first-order chi connectivity index (χ1) is 7.28. The second-order valence-electron chi connectivity index (χ2n) is 3.96. The summed E-state index contributed by atoms with van der Waals surface area (Å²) in [5.41, 5.74) is 0. The molecule has 0 saturated carbocycles. The molecule has 0 aromatic rings. The molecule has 0 aliphatic rings. The van der Waals surface area contributed by atoms with Crippen LogP contribution in [0, 0.1) is 0 Å². The van der Waals surface area contributed by atoms with Gasteiger partial charge in [-0.1, -0.05) is 27.2 Å². The molecule has 0 aliphatic heterocycles. The van der Waals surface area contributed by atoms with Gasteiger partial charge in [0.2, 0.25) is 0 Å². The molecule has 3 heteroatoms. The van der Waals surface area contributed by atoms with E-state index in [9.17, 15) is 0 Å². The molecule has 0 rings (SSSR count). The number of unbranched alkanes of at least 4 members (excludes halogenated alkanes) is 1. The third-order valence-electron chi connectivity index (χ3n) is 2.61. The van der Waals surface area contributed by atoms with Gasteiger partial charge < -0.3 is 15.0 Å². The molecule has 0 fully saturated rings. The summed E-state index contributed by atoms with van der Waals surface area (Å²) in [4.78, 5) is 2.50. The van der Waals surface area contributed by atoms with Crippen molar-refractivity contribution in [1.82, 2.24) is 10.2 Å². The molecule has 0 radical (unpaired) electrons. The fraction of sp³-hybridized carbons (Fsp3) is 1.00. The van der Waals surface area contributed by atoms with Gasteiger partial charge in [-0.15, -0.1) is 0 Å². The Balaban J connectivity index is 3.85. The Morgan fingerprint density at radius 2 is 2.00 bits per heavy atom. The number of hydrogen-bond acceptors (Lipinski definition) is 3. The summed E-state index contributed by atoms with van der Waals surface area (Å²) in [6, 6.07) is 0.469. The number of nitrogens with zero attached hydrogens (tertiary/aromatic N) is 1. The Morgan fingerprint density at radius 1 is 1.27 bits per heavy atom. The van der Waals surface area contributed by atoms with E-state index in [-0.39, 0.29) is 0 Å². The van der Waals surface area contributed by atoms with Crippen LogP contribution in [0.15, 0.2) is 0 Å². The number of nitrogens with one attached hydrogen (secondary N) is 1. The molecule has 92 valence electrons. The van der Waals surface area contributed by atoms with Crippen molar-refractivity contribution in [2.75, 3.05) is 39.9 Å². The first kappa shape index (κ1) is 14.9. The first-order valence-electron chi connectivity index (χ1n) is 6.23. The highest BCUT2D eigenvalue weighted by Crippen LogP contribution is 1.97. The van der Waals surface area contributed by atoms with Gasteiger partial charge in [0, 0.05) is 19.7 Å². The molecular formula is C12H28N2O. The standard InChI is InChI=1S/C12H28N2O/c1-5-8-9-14(7-3)10-12(11-15-4)13-6-2/h12-13H,5-11H2,1-4H3. The summed E-state index contributed by atoms with van der Waals surface area (Å²) in [5.74, 6) is 0. The highest BCUT2D eigenvalue weighted by Gasteiger charge is 2.11. The Bertz CT molecular complexity index is 125. The van der Waals surface area contributed by atoms with E-state index in [0.29, 0.717) is 6.04 Å². The van der Waals surface area contributed by atoms with Crippen LogP contribution in [0.25, 0.3) is 0 Å². The van der Waals surface area contributed by atoms with E-state index in [1.165, 1.54) is 19.4 Å². The Hall–Kier alpha value is -0.120. The third-order valence-corrected chi connectivity index (χ3v) is 2.61. The fourth-order valence-corrected chi connectivity index (χ4v) is 1.74. The Morgan fingerprint density at radius 3 is 2.47 bits per heavy atom. The molecule has 0 heterocycles. The van der Waals surface area contributed by atoms with Gasteiger partial charge in [-0.05, 0) is 26.1 Å². The maximum Gasteiger partial charge on any atom is 0.0628 e. The lowest BCUT2D eigenvalue weighted by Gasteiger charge is -2.26. The van der Waals surface area contributed by atoms with E-state index in [2.05, 4.69) is 31.0 Å². The quantitative estimate of drug-likeness (QED) is 0.602. The lowest BCUT2D eigenvalue weighted by Crippen LogP contribution is -2.44. The monoisotopic (exact) mass is 216 g/mol. The topological polar surface area (TPSA) is 24.5 Å². The maximum atomic E-state index is 5.22. The van der Waals surface area contributed by atoms with Gasteiger partial charge in [0.1, 0.15) is 0 Å². The number of rotatable bonds is 10. The molecule has 15 heavy (non-hydrogen) atoms. The van der Waals surface area contributed by atoms with Gasteiger partial charge in [-0.2, -0.15) is 0 Å². The first-order valence-corrected chi connectivity index (χ1v) is 6.23.